The molecule has 2 rings (SSSR count). The van der Waals surface area contributed by atoms with Crippen LogP contribution in [0.4, 0.5) is 5.13 Å². The van der Waals surface area contributed by atoms with Crippen molar-refractivity contribution in [1.82, 2.24) is 10.2 Å². The third-order valence-corrected chi connectivity index (χ3v) is 6.21. The maximum atomic E-state index is 11.0. The molecule has 0 spiro atoms. The Morgan fingerprint density at radius 2 is 2.05 bits per heavy atom. The molecule has 0 unspecified atom stereocenters. The van der Waals surface area contributed by atoms with Crippen molar-refractivity contribution in [3.8, 4) is 0 Å². The molecule has 1 N–H and O–H groups in total. The predicted molar refractivity (Wildman–Crippen MR) is 80.8 cm³/mol. The van der Waals surface area contributed by atoms with Crippen molar-refractivity contribution < 1.29 is 8.42 Å². The number of rotatable bonds is 6. The lowest BCUT2D eigenvalue weighted by Gasteiger charge is -2.21. The van der Waals surface area contributed by atoms with Gasteiger partial charge in [0.1, 0.15) is 9.84 Å². The highest BCUT2D eigenvalue weighted by Crippen LogP contribution is 2.28. The second kappa shape index (κ2) is 6.90. The third-order valence-electron chi connectivity index (χ3n) is 3.02. The van der Waals surface area contributed by atoms with Crippen LogP contribution in [0.25, 0.3) is 0 Å². The van der Waals surface area contributed by atoms with E-state index >= 15 is 0 Å². The summed E-state index contributed by atoms with van der Waals surface area (Å²) in [7, 11) is -2.89. The summed E-state index contributed by atoms with van der Waals surface area (Å²) in [6.07, 6.45) is 7.57. The van der Waals surface area contributed by atoms with Gasteiger partial charge in [0.2, 0.25) is 5.13 Å². The molecular weight excluding hydrogens is 302 g/mol. The topological polar surface area (TPSA) is 72.0 Å². The molecule has 8 heteroatoms. The van der Waals surface area contributed by atoms with Crippen LogP contribution in [0.2, 0.25) is 0 Å². The van der Waals surface area contributed by atoms with E-state index in [9.17, 15) is 8.42 Å². The highest BCUT2D eigenvalue weighted by atomic mass is 32.2. The number of hydrogen-bond acceptors (Lipinski definition) is 7. The lowest BCUT2D eigenvalue weighted by atomic mass is 9.96. The first kappa shape index (κ1) is 15.1. The van der Waals surface area contributed by atoms with E-state index in [-0.39, 0.29) is 5.75 Å². The van der Waals surface area contributed by atoms with Gasteiger partial charge in [0.25, 0.3) is 0 Å². The molecule has 1 aromatic rings. The number of thioether (sulfide) groups is 1. The van der Waals surface area contributed by atoms with Gasteiger partial charge in [-0.15, -0.1) is 10.2 Å². The summed E-state index contributed by atoms with van der Waals surface area (Å²) in [6.45, 7) is 0. The fourth-order valence-corrected chi connectivity index (χ4v) is 5.12. The van der Waals surface area contributed by atoms with Crippen LogP contribution < -0.4 is 5.32 Å². The summed E-state index contributed by atoms with van der Waals surface area (Å²) in [4.78, 5) is 0. The van der Waals surface area contributed by atoms with Crippen molar-refractivity contribution in [2.45, 2.75) is 42.5 Å². The molecule has 1 aliphatic carbocycles. The first-order valence-corrected chi connectivity index (χ1v) is 10.3. The zero-order chi connectivity index (χ0) is 13.7. The molecular formula is C11H19N3O2S3. The van der Waals surface area contributed by atoms with Crippen LogP contribution in [-0.2, 0) is 9.84 Å². The van der Waals surface area contributed by atoms with Crippen molar-refractivity contribution >= 4 is 38.1 Å². The minimum absolute atomic E-state index is 0.183. The third kappa shape index (κ3) is 5.66. The number of hydrogen-bond donors (Lipinski definition) is 1. The van der Waals surface area contributed by atoms with E-state index < -0.39 is 9.84 Å². The highest BCUT2D eigenvalue weighted by molar-refractivity contribution is 8.02. The average Bonchev–Trinajstić information content (AvgIpc) is 2.76. The van der Waals surface area contributed by atoms with Crippen LogP contribution in [-0.4, -0.2) is 42.4 Å². The second-order valence-corrected chi connectivity index (χ2v) is 9.41. The standard InChI is InChI=1S/C11H19N3O2S3/c1-19(15,16)8-7-17-11-14-13-10(18-11)12-9-5-3-2-4-6-9/h9H,2-8H2,1H3,(H,12,13). The van der Waals surface area contributed by atoms with Gasteiger partial charge in [-0.3, -0.25) is 0 Å². The van der Waals surface area contributed by atoms with Gasteiger partial charge in [-0.1, -0.05) is 42.4 Å². The molecule has 0 aromatic carbocycles. The van der Waals surface area contributed by atoms with E-state index in [2.05, 4.69) is 15.5 Å². The number of nitrogens with zero attached hydrogens (tertiary/aromatic N) is 2. The molecule has 5 nitrogen and oxygen atoms in total. The average molecular weight is 321 g/mol. The molecule has 1 aliphatic rings. The number of nitrogens with one attached hydrogen (secondary N) is 1. The highest BCUT2D eigenvalue weighted by Gasteiger charge is 2.15. The fraction of sp³-hybridized carbons (Fsp3) is 0.818. The molecule has 1 fully saturated rings. The molecule has 0 bridgehead atoms. The number of sulfone groups is 1. The lowest BCUT2D eigenvalue weighted by Crippen LogP contribution is -2.21. The minimum Gasteiger partial charge on any atom is -0.357 e. The Morgan fingerprint density at radius 3 is 2.74 bits per heavy atom. The smallest absolute Gasteiger partial charge is 0.206 e. The van der Waals surface area contributed by atoms with E-state index in [1.54, 1.807) is 0 Å². The van der Waals surface area contributed by atoms with Crippen LogP contribution in [0.5, 0.6) is 0 Å². The molecule has 1 heterocycles. The second-order valence-electron chi connectivity index (χ2n) is 4.83. The molecule has 0 amide bonds. The van der Waals surface area contributed by atoms with Gasteiger partial charge < -0.3 is 5.32 Å². The molecule has 0 radical (unpaired) electrons. The van der Waals surface area contributed by atoms with Crippen LogP contribution in [0, 0.1) is 0 Å². The summed E-state index contributed by atoms with van der Waals surface area (Å²) in [5.41, 5.74) is 0. The molecule has 108 valence electrons. The van der Waals surface area contributed by atoms with Crippen molar-refractivity contribution in [3.05, 3.63) is 0 Å². The normalized spacial score (nSPS) is 17.5. The Kier molecular flexibility index (Phi) is 5.47. The molecule has 0 saturated heterocycles. The van der Waals surface area contributed by atoms with E-state index in [0.717, 1.165) is 9.47 Å². The molecule has 1 aromatic heterocycles. The van der Waals surface area contributed by atoms with Crippen LogP contribution >= 0.6 is 23.1 Å². The zero-order valence-corrected chi connectivity index (χ0v) is 13.4. The summed E-state index contributed by atoms with van der Waals surface area (Å²) in [5.74, 6) is 0.722. The predicted octanol–water partition coefficient (Wildman–Crippen LogP) is 2.42. The van der Waals surface area contributed by atoms with Crippen LogP contribution in [0.1, 0.15) is 32.1 Å². The molecule has 0 aliphatic heterocycles. The van der Waals surface area contributed by atoms with Crippen LogP contribution in [0.15, 0.2) is 4.34 Å². The van der Waals surface area contributed by atoms with Crippen molar-refractivity contribution in [1.29, 1.82) is 0 Å². The van der Waals surface area contributed by atoms with Crippen molar-refractivity contribution in [2.24, 2.45) is 0 Å². The Morgan fingerprint density at radius 1 is 1.32 bits per heavy atom. The van der Waals surface area contributed by atoms with Crippen molar-refractivity contribution in [2.75, 3.05) is 23.1 Å². The van der Waals surface area contributed by atoms with Gasteiger partial charge in [0.15, 0.2) is 4.34 Å². The van der Waals surface area contributed by atoms with Crippen LogP contribution in [0.3, 0.4) is 0 Å². The van der Waals surface area contributed by atoms with Gasteiger partial charge in [-0.25, -0.2) is 8.42 Å². The first-order valence-electron chi connectivity index (χ1n) is 6.43. The zero-order valence-electron chi connectivity index (χ0n) is 11.0. The first-order chi connectivity index (χ1) is 9.03. The SMILES string of the molecule is CS(=O)(=O)CCSc1nnc(NC2CCCCC2)s1. The Labute approximate surface area is 122 Å². The van der Waals surface area contributed by atoms with Gasteiger partial charge in [0.05, 0.1) is 5.75 Å². The monoisotopic (exact) mass is 321 g/mol. The fourth-order valence-electron chi connectivity index (χ4n) is 2.03. The van der Waals surface area contributed by atoms with Crippen molar-refractivity contribution in [3.63, 3.8) is 0 Å². The molecule has 0 atom stereocenters. The Bertz CT molecular complexity index is 495. The van der Waals surface area contributed by atoms with Gasteiger partial charge in [-0.2, -0.15) is 0 Å². The van der Waals surface area contributed by atoms with E-state index in [1.165, 1.54) is 61.5 Å². The minimum atomic E-state index is -2.89. The van der Waals surface area contributed by atoms with E-state index in [1.807, 2.05) is 0 Å². The maximum Gasteiger partial charge on any atom is 0.206 e. The lowest BCUT2D eigenvalue weighted by molar-refractivity contribution is 0.462. The van der Waals surface area contributed by atoms with Gasteiger partial charge in [-0.05, 0) is 12.8 Å². The summed E-state index contributed by atoms with van der Waals surface area (Å²) >= 11 is 2.97. The Balaban J connectivity index is 1.78. The molecule has 1 saturated carbocycles. The molecule has 19 heavy (non-hydrogen) atoms. The maximum absolute atomic E-state index is 11.0. The summed E-state index contributed by atoms with van der Waals surface area (Å²) < 4.78 is 22.9. The quantitative estimate of drug-likeness (QED) is 0.811. The summed E-state index contributed by atoms with van der Waals surface area (Å²) in [5, 5.41) is 12.5. The van der Waals surface area contributed by atoms with Gasteiger partial charge >= 0.3 is 0 Å². The number of anilines is 1. The van der Waals surface area contributed by atoms with E-state index in [0.29, 0.717) is 11.8 Å². The summed E-state index contributed by atoms with van der Waals surface area (Å²) in [6, 6.07) is 0.524. The largest absolute Gasteiger partial charge is 0.357 e. The van der Waals surface area contributed by atoms with Gasteiger partial charge in [0, 0.05) is 18.1 Å². The number of aromatic nitrogens is 2. The van der Waals surface area contributed by atoms with E-state index in [4.69, 9.17) is 0 Å². The Hall–Kier alpha value is -0.340.